The number of carbonyl (C=O) groups is 2. The molecule has 0 aromatic carbocycles. The zero-order valence-corrected chi connectivity index (χ0v) is 16.6. The van der Waals surface area contributed by atoms with E-state index in [1.54, 1.807) is 36.6 Å². The molecule has 3 aromatic heterocycles. The highest BCUT2D eigenvalue weighted by Gasteiger charge is 2.30. The van der Waals surface area contributed by atoms with Crippen LogP contribution in [0.4, 0.5) is 0 Å². The third-order valence-electron chi connectivity index (χ3n) is 5.09. The summed E-state index contributed by atoms with van der Waals surface area (Å²) < 4.78 is 1.85. The minimum Gasteiger partial charge on any atom is -0.347 e. The number of pyridine rings is 1. The number of nitrogens with one attached hydrogen (secondary N) is 1. The van der Waals surface area contributed by atoms with Gasteiger partial charge < -0.3 is 10.2 Å². The molecule has 146 valence electrons. The number of hydrogen-bond acceptors (Lipinski definition) is 6. The van der Waals surface area contributed by atoms with Gasteiger partial charge in [0.05, 0.1) is 18.2 Å². The molecule has 4 heterocycles. The molecular formula is C19H22N6O2S. The molecule has 0 radical (unpaired) electrons. The summed E-state index contributed by atoms with van der Waals surface area (Å²) >= 11 is 1.61. The standard InChI is InChI=1S/C19H22N6O2S/c1-13(26)24-8-7-23(2)16(12-24)18-22-21-17-6-5-14(11-25(17)18)19(27)20-10-15-4-3-9-28-15/h3-6,9,11,16H,7-8,10,12H2,1-2H3,(H,20,27). The number of piperazine rings is 1. The lowest BCUT2D eigenvalue weighted by molar-refractivity contribution is -0.131. The van der Waals surface area contributed by atoms with Crippen molar-refractivity contribution in [2.75, 3.05) is 26.7 Å². The molecule has 28 heavy (non-hydrogen) atoms. The lowest BCUT2D eigenvalue weighted by Crippen LogP contribution is -2.48. The van der Waals surface area contributed by atoms with Crippen LogP contribution in [0.25, 0.3) is 5.65 Å². The normalized spacial score (nSPS) is 17.8. The maximum Gasteiger partial charge on any atom is 0.253 e. The van der Waals surface area contributed by atoms with Crippen molar-refractivity contribution in [3.05, 3.63) is 52.1 Å². The maximum atomic E-state index is 12.6. The van der Waals surface area contributed by atoms with E-state index < -0.39 is 0 Å². The zero-order valence-electron chi connectivity index (χ0n) is 15.8. The van der Waals surface area contributed by atoms with Gasteiger partial charge in [-0.1, -0.05) is 6.07 Å². The van der Waals surface area contributed by atoms with Gasteiger partial charge in [0, 0.05) is 37.6 Å². The Morgan fingerprint density at radius 2 is 2.11 bits per heavy atom. The molecule has 0 bridgehead atoms. The Morgan fingerprint density at radius 1 is 1.25 bits per heavy atom. The molecule has 1 N–H and O–H groups in total. The minimum absolute atomic E-state index is 0.0561. The number of aromatic nitrogens is 3. The van der Waals surface area contributed by atoms with E-state index in [0.29, 0.717) is 30.8 Å². The van der Waals surface area contributed by atoms with Gasteiger partial charge in [-0.25, -0.2) is 0 Å². The average molecular weight is 398 g/mol. The number of thiophene rings is 1. The lowest BCUT2D eigenvalue weighted by atomic mass is 10.1. The van der Waals surface area contributed by atoms with E-state index in [9.17, 15) is 9.59 Å². The van der Waals surface area contributed by atoms with Crippen LogP contribution in [-0.4, -0.2) is 62.9 Å². The van der Waals surface area contributed by atoms with E-state index in [0.717, 1.165) is 17.2 Å². The number of carbonyl (C=O) groups excluding carboxylic acids is 2. The van der Waals surface area contributed by atoms with Gasteiger partial charge in [0.15, 0.2) is 11.5 Å². The van der Waals surface area contributed by atoms with Crippen molar-refractivity contribution >= 4 is 28.8 Å². The molecule has 1 saturated heterocycles. The molecule has 9 heteroatoms. The summed E-state index contributed by atoms with van der Waals surface area (Å²) in [7, 11) is 2.01. The number of fused-ring (bicyclic) bond motifs is 1. The summed E-state index contributed by atoms with van der Waals surface area (Å²) in [6.45, 7) is 4.11. The Labute approximate surface area is 166 Å². The SMILES string of the molecule is CC(=O)N1CCN(C)C(c2nnc3ccc(C(=O)NCc4cccs4)cn23)C1. The van der Waals surface area contributed by atoms with Crippen LogP contribution in [-0.2, 0) is 11.3 Å². The van der Waals surface area contributed by atoms with Crippen LogP contribution in [0.1, 0.15) is 34.0 Å². The van der Waals surface area contributed by atoms with Gasteiger partial charge >= 0.3 is 0 Å². The quantitative estimate of drug-likeness (QED) is 0.721. The predicted octanol–water partition coefficient (Wildman–Crippen LogP) is 1.56. The zero-order chi connectivity index (χ0) is 19.7. The van der Waals surface area contributed by atoms with Crippen LogP contribution in [0.2, 0.25) is 0 Å². The van der Waals surface area contributed by atoms with Gasteiger partial charge in [-0.05, 0) is 30.6 Å². The van der Waals surface area contributed by atoms with Crippen LogP contribution < -0.4 is 5.32 Å². The number of amides is 2. The number of nitrogens with zero attached hydrogens (tertiary/aromatic N) is 5. The van der Waals surface area contributed by atoms with Crippen molar-refractivity contribution < 1.29 is 9.59 Å². The molecule has 0 aliphatic carbocycles. The summed E-state index contributed by atoms with van der Waals surface area (Å²) in [5, 5.41) is 13.5. The first-order chi connectivity index (χ1) is 13.5. The van der Waals surface area contributed by atoms with E-state index in [1.807, 2.05) is 33.9 Å². The third kappa shape index (κ3) is 3.63. The van der Waals surface area contributed by atoms with E-state index in [2.05, 4.69) is 20.4 Å². The summed E-state index contributed by atoms with van der Waals surface area (Å²) in [4.78, 5) is 29.5. The topological polar surface area (TPSA) is 82.8 Å². The fourth-order valence-corrected chi connectivity index (χ4v) is 4.04. The van der Waals surface area contributed by atoms with Gasteiger partial charge in [0.2, 0.25) is 5.91 Å². The largest absolute Gasteiger partial charge is 0.347 e. The Kier molecular flexibility index (Phi) is 5.10. The second-order valence-electron chi connectivity index (χ2n) is 6.93. The summed E-state index contributed by atoms with van der Waals surface area (Å²) in [5.41, 5.74) is 1.23. The van der Waals surface area contributed by atoms with Gasteiger partial charge in [-0.15, -0.1) is 21.5 Å². The molecule has 3 aromatic rings. The molecule has 8 nitrogen and oxygen atoms in total. The van der Waals surface area contributed by atoms with Crippen molar-refractivity contribution in [3.8, 4) is 0 Å². The highest BCUT2D eigenvalue weighted by Crippen LogP contribution is 2.23. The van der Waals surface area contributed by atoms with Gasteiger partial charge in [0.1, 0.15) is 0 Å². The van der Waals surface area contributed by atoms with Crippen LogP contribution in [0.15, 0.2) is 35.8 Å². The molecule has 0 saturated carbocycles. The summed E-state index contributed by atoms with van der Waals surface area (Å²) in [6, 6.07) is 7.43. The first-order valence-corrected chi connectivity index (χ1v) is 10.0. The Bertz CT molecular complexity index is 999. The molecule has 1 fully saturated rings. The third-order valence-corrected chi connectivity index (χ3v) is 5.96. The number of likely N-dealkylation sites (N-methyl/N-ethyl adjacent to an activating group) is 1. The number of rotatable bonds is 4. The molecule has 4 rings (SSSR count). The fraction of sp³-hybridized carbons (Fsp3) is 0.368. The van der Waals surface area contributed by atoms with Crippen LogP contribution in [0, 0.1) is 0 Å². The smallest absolute Gasteiger partial charge is 0.253 e. The minimum atomic E-state index is -0.141. The first kappa shape index (κ1) is 18.6. The molecule has 1 unspecified atom stereocenters. The van der Waals surface area contributed by atoms with Crippen molar-refractivity contribution in [1.29, 1.82) is 0 Å². The lowest BCUT2D eigenvalue weighted by Gasteiger charge is -2.38. The van der Waals surface area contributed by atoms with Crippen LogP contribution in [0.3, 0.4) is 0 Å². The molecule has 1 atom stereocenters. The Morgan fingerprint density at radius 3 is 2.86 bits per heavy atom. The predicted molar refractivity (Wildman–Crippen MR) is 106 cm³/mol. The second-order valence-corrected chi connectivity index (χ2v) is 7.96. The van der Waals surface area contributed by atoms with E-state index in [-0.39, 0.29) is 17.9 Å². The van der Waals surface area contributed by atoms with Crippen molar-refractivity contribution in [2.45, 2.75) is 19.5 Å². The monoisotopic (exact) mass is 398 g/mol. The van der Waals surface area contributed by atoms with Crippen molar-refractivity contribution in [3.63, 3.8) is 0 Å². The van der Waals surface area contributed by atoms with Gasteiger partial charge in [-0.3, -0.25) is 18.9 Å². The number of hydrogen-bond donors (Lipinski definition) is 1. The van der Waals surface area contributed by atoms with Crippen LogP contribution in [0.5, 0.6) is 0 Å². The average Bonchev–Trinajstić information content (AvgIpc) is 3.35. The Balaban J connectivity index is 1.59. The van der Waals surface area contributed by atoms with Crippen molar-refractivity contribution in [2.24, 2.45) is 0 Å². The molecular weight excluding hydrogens is 376 g/mol. The summed E-state index contributed by atoms with van der Waals surface area (Å²) in [5.74, 6) is 0.647. The van der Waals surface area contributed by atoms with Crippen molar-refractivity contribution in [1.82, 2.24) is 29.7 Å². The van der Waals surface area contributed by atoms with E-state index in [1.165, 1.54) is 0 Å². The molecule has 1 aliphatic heterocycles. The van der Waals surface area contributed by atoms with Gasteiger partial charge in [0.25, 0.3) is 5.91 Å². The second kappa shape index (κ2) is 7.69. The molecule has 1 aliphatic rings. The highest BCUT2D eigenvalue weighted by molar-refractivity contribution is 7.09. The van der Waals surface area contributed by atoms with Crippen LogP contribution >= 0.6 is 11.3 Å². The first-order valence-electron chi connectivity index (χ1n) is 9.14. The highest BCUT2D eigenvalue weighted by atomic mass is 32.1. The fourth-order valence-electron chi connectivity index (χ4n) is 3.39. The summed E-state index contributed by atoms with van der Waals surface area (Å²) in [6.07, 6.45) is 1.77. The molecule has 0 spiro atoms. The maximum absolute atomic E-state index is 12.6. The van der Waals surface area contributed by atoms with E-state index >= 15 is 0 Å². The van der Waals surface area contributed by atoms with Gasteiger partial charge in [-0.2, -0.15) is 0 Å². The molecule has 2 amide bonds. The van der Waals surface area contributed by atoms with E-state index in [4.69, 9.17) is 0 Å². The Hall–Kier alpha value is -2.78.